The van der Waals surface area contributed by atoms with Gasteiger partial charge in [-0.1, -0.05) is 58.5 Å². The summed E-state index contributed by atoms with van der Waals surface area (Å²) in [6, 6.07) is 8.83. The first-order valence-corrected chi connectivity index (χ1v) is 14.4. The minimum absolute atomic E-state index is 0.0580. The molecule has 12 heteroatoms. The fourth-order valence-electron chi connectivity index (χ4n) is 3.81. The van der Waals surface area contributed by atoms with Crippen LogP contribution in [0.4, 0.5) is 0 Å². The number of hydrogen-bond donors (Lipinski definition) is 2. The first-order valence-electron chi connectivity index (χ1n) is 10.8. The van der Waals surface area contributed by atoms with E-state index in [2.05, 4.69) is 15.5 Å². The summed E-state index contributed by atoms with van der Waals surface area (Å²) in [5, 5.41) is 6.78. The Morgan fingerprint density at radius 1 is 1.09 bits per heavy atom. The van der Waals surface area contributed by atoms with Gasteiger partial charge in [0, 0.05) is 31.9 Å². The van der Waals surface area contributed by atoms with E-state index in [-0.39, 0.29) is 33.8 Å². The van der Waals surface area contributed by atoms with E-state index in [9.17, 15) is 18.0 Å². The van der Waals surface area contributed by atoms with Gasteiger partial charge in [-0.3, -0.25) is 14.5 Å². The Labute approximate surface area is 225 Å². The summed E-state index contributed by atoms with van der Waals surface area (Å²) in [5.74, 6) is -1.33. The molecule has 2 atom stereocenters. The Morgan fingerprint density at radius 3 is 2.51 bits per heavy atom. The fraction of sp³-hybridized carbons (Fsp3) is 0.391. The Bertz CT molecular complexity index is 1210. The standard InChI is InChI=1S/C23H25Cl4N3O4S/c1-35(33,34)10-8-20(29-22(31)16-3-2-4-18(25)21(16)27)23(32)28-15-7-9-30(13-15)12-14-5-6-17(24)19(26)11-14/h2-6,11,15,20H,7-10,12-13H2,1H3,(H,28,32)(H,29,31)/t15-,20+/m1/s1. The van der Waals surface area contributed by atoms with Crippen molar-refractivity contribution in [1.82, 2.24) is 15.5 Å². The normalized spacial score (nSPS) is 17.2. The van der Waals surface area contributed by atoms with Gasteiger partial charge in [-0.15, -0.1) is 0 Å². The van der Waals surface area contributed by atoms with Gasteiger partial charge in [-0.2, -0.15) is 0 Å². The van der Waals surface area contributed by atoms with Crippen LogP contribution in [0.2, 0.25) is 20.1 Å². The largest absolute Gasteiger partial charge is 0.350 e. The third-order valence-corrected chi connectivity index (χ3v) is 8.14. The van der Waals surface area contributed by atoms with Gasteiger partial charge < -0.3 is 10.6 Å². The van der Waals surface area contributed by atoms with Crippen LogP contribution < -0.4 is 10.6 Å². The number of carbonyl (C=O) groups is 2. The maximum Gasteiger partial charge on any atom is 0.253 e. The van der Waals surface area contributed by atoms with Crippen LogP contribution in [0.5, 0.6) is 0 Å². The number of amides is 2. The molecule has 2 aromatic carbocycles. The number of benzene rings is 2. The molecule has 0 spiro atoms. The lowest BCUT2D eigenvalue weighted by atomic mass is 10.1. The van der Waals surface area contributed by atoms with Gasteiger partial charge >= 0.3 is 0 Å². The first-order chi connectivity index (χ1) is 16.4. The van der Waals surface area contributed by atoms with Crippen molar-refractivity contribution in [3.63, 3.8) is 0 Å². The minimum atomic E-state index is -3.35. The van der Waals surface area contributed by atoms with E-state index in [1.807, 2.05) is 12.1 Å². The van der Waals surface area contributed by atoms with Crippen LogP contribution in [0, 0.1) is 0 Å². The summed E-state index contributed by atoms with van der Waals surface area (Å²) < 4.78 is 23.4. The van der Waals surface area contributed by atoms with Crippen molar-refractivity contribution in [2.75, 3.05) is 25.1 Å². The second-order valence-corrected chi connectivity index (χ2v) is 12.4. The molecule has 1 saturated heterocycles. The number of halogens is 4. The molecule has 3 rings (SSSR count). The van der Waals surface area contributed by atoms with Crippen molar-refractivity contribution >= 4 is 68.1 Å². The molecule has 2 amide bonds. The zero-order chi connectivity index (χ0) is 25.8. The molecule has 0 unspecified atom stereocenters. The Morgan fingerprint density at radius 2 is 1.83 bits per heavy atom. The molecule has 2 aromatic rings. The van der Waals surface area contributed by atoms with Crippen LogP contribution in [0.15, 0.2) is 36.4 Å². The molecule has 0 aromatic heterocycles. The summed E-state index contributed by atoms with van der Waals surface area (Å²) in [6.45, 7) is 1.99. The molecule has 35 heavy (non-hydrogen) atoms. The third kappa shape index (κ3) is 8.23. The topological polar surface area (TPSA) is 95.6 Å². The number of sulfone groups is 1. The van der Waals surface area contributed by atoms with Gasteiger partial charge in [0.05, 0.1) is 31.4 Å². The van der Waals surface area contributed by atoms with E-state index in [4.69, 9.17) is 46.4 Å². The number of likely N-dealkylation sites (tertiary alicyclic amines) is 1. The minimum Gasteiger partial charge on any atom is -0.350 e. The molecule has 0 saturated carbocycles. The van der Waals surface area contributed by atoms with Gasteiger partial charge in [-0.25, -0.2) is 8.42 Å². The van der Waals surface area contributed by atoms with Crippen molar-refractivity contribution in [1.29, 1.82) is 0 Å². The molecule has 0 bridgehead atoms. The Hall–Kier alpha value is -1.55. The van der Waals surface area contributed by atoms with E-state index >= 15 is 0 Å². The SMILES string of the molecule is CS(=O)(=O)CC[C@H](NC(=O)c1cccc(Cl)c1Cl)C(=O)N[C@@H]1CCN(Cc2ccc(Cl)c(Cl)c2)C1. The van der Waals surface area contributed by atoms with Crippen LogP contribution in [0.3, 0.4) is 0 Å². The van der Waals surface area contributed by atoms with Gasteiger partial charge in [0.2, 0.25) is 5.91 Å². The highest BCUT2D eigenvalue weighted by Crippen LogP contribution is 2.26. The molecule has 0 radical (unpaired) electrons. The predicted octanol–water partition coefficient (Wildman–Crippen LogP) is 4.22. The molecular weight excluding hydrogens is 556 g/mol. The van der Waals surface area contributed by atoms with Crippen LogP contribution in [0.1, 0.15) is 28.8 Å². The molecule has 2 N–H and O–H groups in total. The summed E-state index contributed by atoms with van der Waals surface area (Å²) in [4.78, 5) is 28.0. The van der Waals surface area contributed by atoms with E-state index in [1.165, 1.54) is 6.07 Å². The second kappa shape index (κ2) is 12.1. The maximum atomic E-state index is 13.1. The fourth-order valence-corrected chi connectivity index (χ4v) is 5.18. The van der Waals surface area contributed by atoms with Crippen LogP contribution in [-0.2, 0) is 21.2 Å². The lowest BCUT2D eigenvalue weighted by molar-refractivity contribution is -0.123. The quantitative estimate of drug-likeness (QED) is 0.463. The molecule has 1 aliphatic rings. The van der Waals surface area contributed by atoms with Crippen LogP contribution in [0.25, 0.3) is 0 Å². The molecule has 1 fully saturated rings. The molecule has 0 aliphatic carbocycles. The molecule has 190 valence electrons. The number of nitrogens with one attached hydrogen (secondary N) is 2. The lowest BCUT2D eigenvalue weighted by Crippen LogP contribution is -2.50. The third-order valence-electron chi connectivity index (χ3n) is 5.60. The van der Waals surface area contributed by atoms with E-state index in [1.54, 1.807) is 18.2 Å². The second-order valence-electron chi connectivity index (χ2n) is 8.52. The molecular formula is C23H25Cl4N3O4S. The van der Waals surface area contributed by atoms with Crippen LogP contribution >= 0.6 is 46.4 Å². The van der Waals surface area contributed by atoms with E-state index in [0.717, 1.165) is 18.4 Å². The van der Waals surface area contributed by atoms with Crippen LogP contribution in [-0.4, -0.2) is 62.3 Å². The summed E-state index contributed by atoms with van der Waals surface area (Å²) in [6.07, 6.45) is 1.71. The van der Waals surface area contributed by atoms with Crippen molar-refractivity contribution in [3.8, 4) is 0 Å². The van der Waals surface area contributed by atoms with Gasteiger partial charge in [0.15, 0.2) is 0 Å². The molecule has 1 heterocycles. The average molecular weight is 581 g/mol. The average Bonchev–Trinajstić information content (AvgIpc) is 3.21. The zero-order valence-electron chi connectivity index (χ0n) is 18.9. The van der Waals surface area contributed by atoms with Crippen molar-refractivity contribution in [2.45, 2.75) is 31.5 Å². The number of rotatable bonds is 9. The number of carbonyl (C=O) groups excluding carboxylic acids is 2. The zero-order valence-corrected chi connectivity index (χ0v) is 22.7. The van der Waals surface area contributed by atoms with Gasteiger partial charge in [-0.05, 0) is 42.7 Å². The summed E-state index contributed by atoms with van der Waals surface area (Å²) in [5.41, 5.74) is 1.10. The summed E-state index contributed by atoms with van der Waals surface area (Å²) in [7, 11) is -3.35. The lowest BCUT2D eigenvalue weighted by Gasteiger charge is -2.22. The van der Waals surface area contributed by atoms with E-state index in [0.29, 0.717) is 29.6 Å². The van der Waals surface area contributed by atoms with Crippen molar-refractivity contribution < 1.29 is 18.0 Å². The smallest absolute Gasteiger partial charge is 0.253 e. The Kier molecular flexibility index (Phi) is 9.71. The monoisotopic (exact) mass is 579 g/mol. The number of nitrogens with zero attached hydrogens (tertiary/aromatic N) is 1. The van der Waals surface area contributed by atoms with E-state index < -0.39 is 27.7 Å². The number of hydrogen-bond acceptors (Lipinski definition) is 5. The molecule has 7 nitrogen and oxygen atoms in total. The highest BCUT2D eigenvalue weighted by atomic mass is 35.5. The predicted molar refractivity (Wildman–Crippen MR) is 140 cm³/mol. The van der Waals surface area contributed by atoms with Gasteiger partial charge in [0.1, 0.15) is 15.9 Å². The highest BCUT2D eigenvalue weighted by Gasteiger charge is 2.29. The summed E-state index contributed by atoms with van der Waals surface area (Å²) >= 11 is 24.2. The van der Waals surface area contributed by atoms with Crippen molar-refractivity contribution in [2.24, 2.45) is 0 Å². The Balaban J connectivity index is 1.64. The van der Waals surface area contributed by atoms with Gasteiger partial charge in [0.25, 0.3) is 5.91 Å². The maximum absolute atomic E-state index is 13.1. The first kappa shape index (κ1) is 28.0. The highest BCUT2D eigenvalue weighted by molar-refractivity contribution is 7.90. The molecule has 1 aliphatic heterocycles. The van der Waals surface area contributed by atoms with Crippen molar-refractivity contribution in [3.05, 3.63) is 67.6 Å².